The SMILES string of the molecule is C=CS(=O)(=O)NC1CCN(C(=O)CNc2cc(Cl)c(Cl)cc2O)CC1. The summed E-state index contributed by atoms with van der Waals surface area (Å²) in [7, 11) is -3.47. The van der Waals surface area contributed by atoms with Crippen LogP contribution in [0.3, 0.4) is 0 Å². The first-order chi connectivity index (χ1) is 11.7. The number of carbonyl (C=O) groups is 1. The van der Waals surface area contributed by atoms with E-state index < -0.39 is 10.0 Å². The number of hydrogen-bond acceptors (Lipinski definition) is 5. The van der Waals surface area contributed by atoms with Crippen molar-refractivity contribution in [3.8, 4) is 5.75 Å². The van der Waals surface area contributed by atoms with Gasteiger partial charge in [0.05, 0.1) is 22.3 Å². The Balaban J connectivity index is 1.85. The molecule has 0 atom stereocenters. The van der Waals surface area contributed by atoms with Gasteiger partial charge < -0.3 is 15.3 Å². The molecule has 25 heavy (non-hydrogen) atoms. The van der Waals surface area contributed by atoms with Crippen LogP contribution in [-0.4, -0.2) is 50.0 Å². The van der Waals surface area contributed by atoms with Crippen LogP contribution in [0.2, 0.25) is 10.0 Å². The van der Waals surface area contributed by atoms with Gasteiger partial charge in [-0.2, -0.15) is 0 Å². The van der Waals surface area contributed by atoms with E-state index in [0.717, 1.165) is 5.41 Å². The van der Waals surface area contributed by atoms with E-state index >= 15 is 0 Å². The minimum Gasteiger partial charge on any atom is -0.506 e. The molecule has 1 aliphatic heterocycles. The molecule has 0 unspecified atom stereocenters. The van der Waals surface area contributed by atoms with E-state index in [-0.39, 0.29) is 34.3 Å². The third-order valence-corrected chi connectivity index (χ3v) is 5.69. The van der Waals surface area contributed by atoms with Crippen molar-refractivity contribution in [3.05, 3.63) is 34.2 Å². The summed E-state index contributed by atoms with van der Waals surface area (Å²) in [6, 6.07) is 2.54. The summed E-state index contributed by atoms with van der Waals surface area (Å²) < 4.78 is 25.4. The van der Waals surface area contributed by atoms with Crippen molar-refractivity contribution in [2.24, 2.45) is 0 Å². The van der Waals surface area contributed by atoms with Gasteiger partial charge in [-0.05, 0) is 18.9 Å². The Morgan fingerprint density at radius 2 is 1.92 bits per heavy atom. The van der Waals surface area contributed by atoms with Gasteiger partial charge in [0, 0.05) is 30.6 Å². The lowest BCUT2D eigenvalue weighted by molar-refractivity contribution is -0.130. The molecule has 138 valence electrons. The molecule has 1 aromatic rings. The molecule has 1 fully saturated rings. The predicted octanol–water partition coefficient (Wildman–Crippen LogP) is 2.16. The second-order valence-corrected chi connectivity index (χ2v) is 8.10. The van der Waals surface area contributed by atoms with Crippen molar-refractivity contribution >= 4 is 44.8 Å². The van der Waals surface area contributed by atoms with Crippen LogP contribution < -0.4 is 10.0 Å². The molecule has 1 aliphatic rings. The zero-order chi connectivity index (χ0) is 18.6. The highest BCUT2D eigenvalue weighted by molar-refractivity contribution is 7.92. The molecular formula is C15H19Cl2N3O4S. The van der Waals surface area contributed by atoms with E-state index in [1.807, 2.05) is 0 Å². The van der Waals surface area contributed by atoms with E-state index in [0.29, 0.717) is 31.6 Å². The monoisotopic (exact) mass is 407 g/mol. The molecule has 10 heteroatoms. The largest absolute Gasteiger partial charge is 0.506 e. The summed E-state index contributed by atoms with van der Waals surface area (Å²) in [6.07, 6.45) is 1.05. The fourth-order valence-electron chi connectivity index (χ4n) is 2.49. The Labute approximate surface area is 156 Å². The van der Waals surface area contributed by atoms with Crippen LogP contribution in [-0.2, 0) is 14.8 Å². The number of aromatic hydroxyl groups is 1. The molecule has 0 spiro atoms. The summed E-state index contributed by atoms with van der Waals surface area (Å²) in [4.78, 5) is 13.9. The number of anilines is 1. The fraction of sp³-hybridized carbons (Fsp3) is 0.400. The number of rotatable bonds is 6. The van der Waals surface area contributed by atoms with Gasteiger partial charge in [-0.15, -0.1) is 0 Å². The van der Waals surface area contributed by atoms with E-state index in [9.17, 15) is 18.3 Å². The second-order valence-electron chi connectivity index (χ2n) is 5.62. The van der Waals surface area contributed by atoms with Gasteiger partial charge in [0.2, 0.25) is 15.9 Å². The number of nitrogens with zero attached hydrogens (tertiary/aromatic N) is 1. The van der Waals surface area contributed by atoms with Crippen LogP contribution in [0.5, 0.6) is 5.75 Å². The molecular weight excluding hydrogens is 389 g/mol. The molecule has 0 bridgehead atoms. The van der Waals surface area contributed by atoms with Crippen LogP contribution in [0.25, 0.3) is 0 Å². The number of phenolic OH excluding ortho intramolecular Hbond substituents is 1. The summed E-state index contributed by atoms with van der Waals surface area (Å²) in [5.74, 6) is -0.254. The highest BCUT2D eigenvalue weighted by Crippen LogP contribution is 2.33. The summed E-state index contributed by atoms with van der Waals surface area (Å²) in [5, 5.41) is 14.0. The molecule has 2 rings (SSSR count). The Kier molecular flexibility index (Phi) is 6.56. The number of halogens is 2. The average Bonchev–Trinajstić information content (AvgIpc) is 2.57. The number of sulfonamides is 1. The summed E-state index contributed by atoms with van der Waals surface area (Å²) in [6.45, 7) is 4.12. The van der Waals surface area contributed by atoms with Crippen LogP contribution in [0.4, 0.5) is 5.69 Å². The maximum atomic E-state index is 12.3. The van der Waals surface area contributed by atoms with Gasteiger partial charge >= 0.3 is 0 Å². The predicted molar refractivity (Wildman–Crippen MR) is 98.5 cm³/mol. The number of nitrogens with one attached hydrogen (secondary N) is 2. The average molecular weight is 408 g/mol. The van der Waals surface area contributed by atoms with E-state index in [2.05, 4.69) is 16.6 Å². The quantitative estimate of drug-likeness (QED) is 0.627. The third-order valence-electron chi connectivity index (χ3n) is 3.87. The molecule has 1 saturated heterocycles. The van der Waals surface area contributed by atoms with Crippen molar-refractivity contribution < 1.29 is 18.3 Å². The van der Waals surface area contributed by atoms with E-state index in [4.69, 9.17) is 23.2 Å². The molecule has 0 saturated carbocycles. The molecule has 3 N–H and O–H groups in total. The number of carbonyl (C=O) groups excluding carboxylic acids is 1. The van der Waals surface area contributed by atoms with Gasteiger partial charge in [0.25, 0.3) is 0 Å². The summed E-state index contributed by atoms with van der Waals surface area (Å²) >= 11 is 11.7. The highest BCUT2D eigenvalue weighted by atomic mass is 35.5. The van der Waals surface area contributed by atoms with Crippen molar-refractivity contribution in [3.63, 3.8) is 0 Å². The summed E-state index contributed by atoms with van der Waals surface area (Å²) in [5.41, 5.74) is 0.316. The minimum atomic E-state index is -3.47. The molecule has 0 aromatic heterocycles. The van der Waals surface area contributed by atoms with Crippen molar-refractivity contribution in [1.82, 2.24) is 9.62 Å². The smallest absolute Gasteiger partial charge is 0.241 e. The van der Waals surface area contributed by atoms with Gasteiger partial charge in [0.1, 0.15) is 5.75 Å². The van der Waals surface area contributed by atoms with Crippen molar-refractivity contribution in [2.75, 3.05) is 25.0 Å². The van der Waals surface area contributed by atoms with Crippen LogP contribution in [0.1, 0.15) is 12.8 Å². The van der Waals surface area contributed by atoms with Crippen LogP contribution in [0.15, 0.2) is 24.1 Å². The van der Waals surface area contributed by atoms with Crippen LogP contribution >= 0.6 is 23.2 Å². The first-order valence-electron chi connectivity index (χ1n) is 7.56. The lowest BCUT2D eigenvalue weighted by atomic mass is 10.1. The molecule has 0 radical (unpaired) electrons. The van der Waals surface area contributed by atoms with Crippen molar-refractivity contribution in [1.29, 1.82) is 0 Å². The Morgan fingerprint density at radius 1 is 1.32 bits per heavy atom. The topological polar surface area (TPSA) is 98.7 Å². The number of benzene rings is 1. The Morgan fingerprint density at radius 3 is 2.52 bits per heavy atom. The molecule has 0 aliphatic carbocycles. The van der Waals surface area contributed by atoms with Gasteiger partial charge in [-0.25, -0.2) is 13.1 Å². The van der Waals surface area contributed by atoms with Gasteiger partial charge in [-0.1, -0.05) is 29.8 Å². The zero-order valence-corrected chi connectivity index (χ0v) is 15.7. The van der Waals surface area contributed by atoms with E-state index in [1.165, 1.54) is 12.1 Å². The lowest BCUT2D eigenvalue weighted by Gasteiger charge is -2.32. The number of phenols is 1. The third kappa shape index (κ3) is 5.50. The highest BCUT2D eigenvalue weighted by Gasteiger charge is 2.24. The molecule has 7 nitrogen and oxygen atoms in total. The minimum absolute atomic E-state index is 0.0193. The lowest BCUT2D eigenvalue weighted by Crippen LogP contribution is -2.47. The normalized spacial score (nSPS) is 15.8. The molecule has 1 amide bonds. The number of hydrogen-bond donors (Lipinski definition) is 3. The van der Waals surface area contributed by atoms with E-state index in [1.54, 1.807) is 4.90 Å². The van der Waals surface area contributed by atoms with Crippen molar-refractivity contribution in [2.45, 2.75) is 18.9 Å². The van der Waals surface area contributed by atoms with Gasteiger partial charge in [0.15, 0.2) is 0 Å². The molecule has 1 heterocycles. The second kappa shape index (κ2) is 8.27. The number of likely N-dealkylation sites (tertiary alicyclic amines) is 1. The Bertz CT molecular complexity index is 762. The number of piperidine rings is 1. The van der Waals surface area contributed by atoms with Gasteiger partial charge in [-0.3, -0.25) is 4.79 Å². The maximum Gasteiger partial charge on any atom is 0.241 e. The molecule has 1 aromatic carbocycles. The number of amides is 1. The first kappa shape index (κ1) is 19.8. The fourth-order valence-corrected chi connectivity index (χ4v) is 3.61. The Hall–Kier alpha value is -1.48. The standard InChI is InChI=1S/C15H19Cl2N3O4S/c1-2-25(23,24)19-10-3-5-20(6-4-10)15(22)9-18-13-7-11(16)12(17)8-14(13)21/h2,7-8,10,18-19,21H,1,3-6,9H2. The first-order valence-corrected chi connectivity index (χ1v) is 9.86. The van der Waals surface area contributed by atoms with Crippen LogP contribution in [0, 0.1) is 0 Å². The maximum absolute atomic E-state index is 12.3. The zero-order valence-electron chi connectivity index (χ0n) is 13.3.